The molecule has 0 saturated heterocycles. The highest BCUT2D eigenvalue weighted by Gasteiger charge is 2.11. The van der Waals surface area contributed by atoms with E-state index in [0.29, 0.717) is 16.8 Å². The maximum absolute atomic E-state index is 14.1. The van der Waals surface area contributed by atoms with E-state index in [9.17, 15) is 9.18 Å². The molecule has 1 aromatic heterocycles. The van der Waals surface area contributed by atoms with Gasteiger partial charge in [-0.05, 0) is 13.0 Å². The monoisotopic (exact) mass is 307 g/mol. The molecule has 1 heterocycles. The number of methoxy groups -OCH3 is 1. The number of nitrogens with zero attached hydrogens (tertiary/aromatic N) is 2. The van der Waals surface area contributed by atoms with Gasteiger partial charge in [-0.2, -0.15) is 0 Å². The number of aromatic nitrogens is 2. The van der Waals surface area contributed by atoms with Crippen molar-refractivity contribution in [2.75, 3.05) is 7.11 Å². The number of benzene rings is 1. The molecule has 0 bridgehead atoms. The predicted octanol–water partition coefficient (Wildman–Crippen LogP) is 1.38. The van der Waals surface area contributed by atoms with Crippen molar-refractivity contribution in [1.29, 1.82) is 0 Å². The summed E-state index contributed by atoms with van der Waals surface area (Å²) >= 11 is 4.80. The van der Waals surface area contributed by atoms with Gasteiger partial charge in [-0.3, -0.25) is 9.36 Å². The zero-order valence-corrected chi connectivity index (χ0v) is 12.4. The van der Waals surface area contributed by atoms with Gasteiger partial charge in [0.25, 0.3) is 11.6 Å². The third-order valence-corrected chi connectivity index (χ3v) is 3.19. The Balaban J connectivity index is 2.43. The number of nitrogens with two attached hydrogens (primary N) is 1. The number of hydrogen-bond donors (Lipinski definition) is 1. The van der Waals surface area contributed by atoms with E-state index in [2.05, 4.69) is 4.98 Å². The SMILES string of the molecule is COc1nc(C)cc(=O)n1Cc1ccc(C(N)=S)cc1F. The fourth-order valence-electron chi connectivity index (χ4n) is 1.89. The molecule has 0 atom stereocenters. The van der Waals surface area contributed by atoms with Crippen LogP contribution in [-0.2, 0) is 6.54 Å². The van der Waals surface area contributed by atoms with Crippen LogP contribution in [0.5, 0.6) is 6.01 Å². The molecule has 110 valence electrons. The normalized spacial score (nSPS) is 10.4. The molecule has 2 rings (SSSR count). The Labute approximate surface area is 126 Å². The van der Waals surface area contributed by atoms with E-state index < -0.39 is 5.82 Å². The minimum absolute atomic E-state index is 0.0126. The largest absolute Gasteiger partial charge is 0.468 e. The van der Waals surface area contributed by atoms with E-state index in [-0.39, 0.29) is 23.1 Å². The van der Waals surface area contributed by atoms with Crippen molar-refractivity contribution >= 4 is 17.2 Å². The molecule has 0 saturated carbocycles. The van der Waals surface area contributed by atoms with Crippen LogP contribution in [0.25, 0.3) is 0 Å². The molecule has 0 amide bonds. The van der Waals surface area contributed by atoms with Crippen molar-refractivity contribution in [2.24, 2.45) is 5.73 Å². The Morgan fingerprint density at radius 2 is 2.19 bits per heavy atom. The number of ether oxygens (including phenoxy) is 1. The quantitative estimate of drug-likeness (QED) is 0.864. The van der Waals surface area contributed by atoms with E-state index in [1.807, 2.05) is 0 Å². The Kier molecular flexibility index (Phi) is 4.32. The second-order valence-electron chi connectivity index (χ2n) is 4.48. The first-order valence-electron chi connectivity index (χ1n) is 6.13. The van der Waals surface area contributed by atoms with Crippen molar-refractivity contribution in [3.05, 3.63) is 57.3 Å². The molecule has 0 fully saturated rings. The maximum atomic E-state index is 14.1. The van der Waals surface area contributed by atoms with Crippen LogP contribution in [0, 0.1) is 12.7 Å². The Morgan fingerprint density at radius 1 is 1.48 bits per heavy atom. The number of thiocarbonyl (C=S) groups is 1. The minimum atomic E-state index is -0.491. The first-order valence-corrected chi connectivity index (χ1v) is 6.54. The summed E-state index contributed by atoms with van der Waals surface area (Å²) in [5.74, 6) is -0.491. The lowest BCUT2D eigenvalue weighted by atomic mass is 10.1. The molecule has 5 nitrogen and oxygen atoms in total. The molecule has 0 unspecified atom stereocenters. The van der Waals surface area contributed by atoms with Crippen LogP contribution in [0.2, 0.25) is 0 Å². The third-order valence-electron chi connectivity index (χ3n) is 2.95. The van der Waals surface area contributed by atoms with Crippen molar-refractivity contribution < 1.29 is 9.13 Å². The van der Waals surface area contributed by atoms with E-state index in [1.54, 1.807) is 13.0 Å². The molecule has 21 heavy (non-hydrogen) atoms. The van der Waals surface area contributed by atoms with Gasteiger partial charge in [-0.25, -0.2) is 9.37 Å². The summed E-state index contributed by atoms with van der Waals surface area (Å²) < 4.78 is 20.4. The van der Waals surface area contributed by atoms with Crippen LogP contribution in [0.15, 0.2) is 29.1 Å². The highest BCUT2D eigenvalue weighted by atomic mass is 32.1. The molecule has 2 aromatic rings. The first-order chi connectivity index (χ1) is 9.92. The van der Waals surface area contributed by atoms with Crippen LogP contribution in [0.3, 0.4) is 0 Å². The molecule has 0 radical (unpaired) electrons. The van der Waals surface area contributed by atoms with Gasteiger partial charge in [-0.15, -0.1) is 0 Å². The highest BCUT2D eigenvalue weighted by Crippen LogP contribution is 2.14. The highest BCUT2D eigenvalue weighted by molar-refractivity contribution is 7.80. The molecule has 0 aliphatic rings. The van der Waals surface area contributed by atoms with Crippen LogP contribution in [0.1, 0.15) is 16.8 Å². The van der Waals surface area contributed by atoms with Crippen molar-refractivity contribution in [3.8, 4) is 6.01 Å². The lowest BCUT2D eigenvalue weighted by Crippen LogP contribution is -2.23. The standard InChI is InChI=1S/C14H14FN3O2S/c1-8-5-12(19)18(14(17-8)20-2)7-10-4-3-9(13(16)21)6-11(10)15/h3-6H,7H2,1-2H3,(H2,16,21). The van der Waals surface area contributed by atoms with Crippen LogP contribution >= 0.6 is 12.2 Å². The summed E-state index contributed by atoms with van der Waals surface area (Å²) in [4.78, 5) is 16.2. The van der Waals surface area contributed by atoms with Gasteiger partial charge in [0.05, 0.1) is 13.7 Å². The van der Waals surface area contributed by atoms with Gasteiger partial charge >= 0.3 is 0 Å². The van der Waals surface area contributed by atoms with Crippen molar-refractivity contribution in [2.45, 2.75) is 13.5 Å². The molecule has 0 spiro atoms. The van der Waals surface area contributed by atoms with Crippen molar-refractivity contribution in [1.82, 2.24) is 9.55 Å². The number of rotatable bonds is 4. The number of hydrogen-bond acceptors (Lipinski definition) is 4. The third kappa shape index (κ3) is 3.25. The van der Waals surface area contributed by atoms with E-state index in [0.717, 1.165) is 0 Å². The predicted molar refractivity (Wildman–Crippen MR) is 81.2 cm³/mol. The van der Waals surface area contributed by atoms with Crippen molar-refractivity contribution in [3.63, 3.8) is 0 Å². The summed E-state index contributed by atoms with van der Waals surface area (Å²) in [5, 5.41) is 0. The Hall–Kier alpha value is -2.28. The topological polar surface area (TPSA) is 70.1 Å². The average Bonchev–Trinajstić information content (AvgIpc) is 2.42. The van der Waals surface area contributed by atoms with Gasteiger partial charge in [0.15, 0.2) is 0 Å². The molecule has 0 aliphatic heterocycles. The summed E-state index contributed by atoms with van der Waals surface area (Å²) in [6, 6.07) is 5.90. The van der Waals surface area contributed by atoms with Gasteiger partial charge in [0.2, 0.25) is 0 Å². The summed E-state index contributed by atoms with van der Waals surface area (Å²) in [6.45, 7) is 1.70. The zero-order valence-electron chi connectivity index (χ0n) is 11.6. The first kappa shape index (κ1) is 15.1. The summed E-state index contributed by atoms with van der Waals surface area (Å²) in [5.41, 5.74) is 6.44. The minimum Gasteiger partial charge on any atom is -0.468 e. The van der Waals surface area contributed by atoms with E-state index >= 15 is 0 Å². The Morgan fingerprint density at radius 3 is 2.76 bits per heavy atom. The molecular formula is C14H14FN3O2S. The van der Waals surface area contributed by atoms with Crippen LogP contribution in [0.4, 0.5) is 4.39 Å². The smallest absolute Gasteiger partial charge is 0.299 e. The molecule has 0 aliphatic carbocycles. The molecule has 2 N–H and O–H groups in total. The second kappa shape index (κ2) is 6.01. The maximum Gasteiger partial charge on any atom is 0.299 e. The van der Waals surface area contributed by atoms with Crippen LogP contribution in [-0.4, -0.2) is 21.6 Å². The van der Waals surface area contributed by atoms with Gasteiger partial charge < -0.3 is 10.5 Å². The van der Waals surface area contributed by atoms with Gasteiger partial charge in [-0.1, -0.05) is 24.4 Å². The summed E-state index contributed by atoms with van der Waals surface area (Å²) in [7, 11) is 1.41. The lowest BCUT2D eigenvalue weighted by Gasteiger charge is -2.12. The van der Waals surface area contributed by atoms with Crippen LogP contribution < -0.4 is 16.0 Å². The Bertz CT molecular complexity index is 758. The lowest BCUT2D eigenvalue weighted by molar-refractivity contribution is 0.349. The van der Waals surface area contributed by atoms with Gasteiger partial charge in [0.1, 0.15) is 10.8 Å². The summed E-state index contributed by atoms with van der Waals surface area (Å²) in [6.07, 6.45) is 0. The zero-order chi connectivity index (χ0) is 15.6. The second-order valence-corrected chi connectivity index (χ2v) is 4.92. The average molecular weight is 307 g/mol. The number of aryl methyl sites for hydroxylation is 1. The number of halogens is 1. The fraction of sp³-hybridized carbons (Fsp3) is 0.214. The molecular weight excluding hydrogens is 293 g/mol. The van der Waals surface area contributed by atoms with E-state index in [1.165, 1.54) is 29.9 Å². The molecule has 1 aromatic carbocycles. The molecule has 7 heteroatoms. The van der Waals surface area contributed by atoms with Gasteiger partial charge in [0, 0.05) is 22.9 Å². The fourth-order valence-corrected chi connectivity index (χ4v) is 2.02. The van der Waals surface area contributed by atoms with E-state index in [4.69, 9.17) is 22.7 Å².